The lowest BCUT2D eigenvalue weighted by Gasteiger charge is -2.33. The summed E-state index contributed by atoms with van der Waals surface area (Å²) < 4.78 is 34.4. The number of nitrogens with zero attached hydrogens (tertiary/aromatic N) is 2. The minimum Gasteiger partial charge on any atom is -0.497 e. The van der Waals surface area contributed by atoms with E-state index in [9.17, 15) is 18.0 Å². The molecule has 1 aliphatic carbocycles. The lowest BCUT2D eigenvalue weighted by molar-refractivity contribution is -0.139. The molecule has 0 radical (unpaired) electrons. The molecule has 1 N–H and O–H groups in total. The van der Waals surface area contributed by atoms with Gasteiger partial charge in [0.25, 0.3) is 10.0 Å². The number of anilines is 1. The maximum atomic E-state index is 14.1. The Hall–Kier alpha value is -3.56. The van der Waals surface area contributed by atoms with E-state index in [0.717, 1.165) is 41.1 Å². The fourth-order valence-electron chi connectivity index (χ4n) is 5.12. The lowest BCUT2D eigenvalue weighted by Crippen LogP contribution is -2.52. The summed E-state index contributed by atoms with van der Waals surface area (Å²) in [4.78, 5) is 29.0. The standard InChI is InChI=1S/C32H38ClN3O5S/c1-22-12-18-28(19-13-22)42(39,40)36(30-11-7-10-29(33)23(30)2)21-31(37)35(20-25-14-16-27(41-4)17-15-25)24(3)32(38)34-26-8-5-6-9-26/h7,10-19,24,26H,5-6,8-9,20-21H2,1-4H3,(H,34,38)/t24-/m1/s1. The van der Waals surface area contributed by atoms with Crippen molar-refractivity contribution in [2.45, 2.75) is 70.0 Å². The number of amides is 2. The summed E-state index contributed by atoms with van der Waals surface area (Å²) in [5.41, 5.74) is 2.50. The van der Waals surface area contributed by atoms with Crippen LogP contribution in [0.5, 0.6) is 5.75 Å². The van der Waals surface area contributed by atoms with E-state index in [1.807, 2.05) is 19.1 Å². The van der Waals surface area contributed by atoms with Gasteiger partial charge in [-0.2, -0.15) is 0 Å². The smallest absolute Gasteiger partial charge is 0.264 e. The fraction of sp³-hybridized carbons (Fsp3) is 0.375. The van der Waals surface area contributed by atoms with Crippen LogP contribution in [-0.4, -0.2) is 50.9 Å². The van der Waals surface area contributed by atoms with Crippen molar-refractivity contribution in [3.63, 3.8) is 0 Å². The Morgan fingerprint density at radius 1 is 1.00 bits per heavy atom. The molecule has 0 unspecified atom stereocenters. The van der Waals surface area contributed by atoms with Crippen LogP contribution in [0, 0.1) is 13.8 Å². The zero-order valence-corrected chi connectivity index (χ0v) is 26.0. The number of nitrogens with one attached hydrogen (secondary N) is 1. The number of hydrogen-bond donors (Lipinski definition) is 1. The van der Waals surface area contributed by atoms with Crippen LogP contribution in [0.4, 0.5) is 5.69 Å². The molecule has 10 heteroatoms. The van der Waals surface area contributed by atoms with Crippen molar-refractivity contribution in [2.75, 3.05) is 18.0 Å². The van der Waals surface area contributed by atoms with Gasteiger partial charge in [-0.15, -0.1) is 0 Å². The first kappa shape index (κ1) is 31.4. The highest BCUT2D eigenvalue weighted by Gasteiger charge is 2.34. The molecule has 3 aromatic carbocycles. The molecule has 8 nitrogen and oxygen atoms in total. The summed E-state index contributed by atoms with van der Waals surface area (Å²) in [6.07, 6.45) is 3.92. The molecular formula is C32H38ClN3O5S. The molecule has 0 heterocycles. The van der Waals surface area contributed by atoms with Gasteiger partial charge >= 0.3 is 0 Å². The lowest BCUT2D eigenvalue weighted by atomic mass is 10.1. The Kier molecular flexibility index (Phi) is 10.2. The number of ether oxygens (including phenoxy) is 1. The van der Waals surface area contributed by atoms with E-state index >= 15 is 0 Å². The first-order valence-corrected chi connectivity index (χ1v) is 15.9. The zero-order chi connectivity index (χ0) is 30.4. The van der Waals surface area contributed by atoms with E-state index in [4.69, 9.17) is 16.3 Å². The van der Waals surface area contributed by atoms with Crippen molar-refractivity contribution in [1.82, 2.24) is 10.2 Å². The number of carbonyl (C=O) groups excluding carboxylic acids is 2. The number of sulfonamides is 1. The Morgan fingerprint density at radius 2 is 1.64 bits per heavy atom. The molecule has 3 aromatic rings. The molecule has 2 amide bonds. The quantitative estimate of drug-likeness (QED) is 0.303. The molecule has 0 saturated heterocycles. The van der Waals surface area contributed by atoms with Crippen molar-refractivity contribution < 1.29 is 22.7 Å². The number of benzene rings is 3. The van der Waals surface area contributed by atoms with Crippen LogP contribution in [0.15, 0.2) is 71.6 Å². The minimum absolute atomic E-state index is 0.0500. The molecule has 0 spiro atoms. The third-order valence-electron chi connectivity index (χ3n) is 7.78. The highest BCUT2D eigenvalue weighted by Crippen LogP contribution is 2.31. The van der Waals surface area contributed by atoms with Gasteiger partial charge in [0, 0.05) is 17.6 Å². The molecular weight excluding hydrogens is 574 g/mol. The van der Waals surface area contributed by atoms with E-state index in [1.54, 1.807) is 63.4 Å². The Morgan fingerprint density at radius 3 is 2.26 bits per heavy atom. The monoisotopic (exact) mass is 611 g/mol. The van der Waals surface area contributed by atoms with Crippen LogP contribution in [0.25, 0.3) is 0 Å². The number of aryl methyl sites for hydroxylation is 1. The van der Waals surface area contributed by atoms with Gasteiger partial charge in [0.2, 0.25) is 11.8 Å². The summed E-state index contributed by atoms with van der Waals surface area (Å²) in [5, 5.41) is 3.46. The first-order valence-electron chi connectivity index (χ1n) is 14.1. The summed E-state index contributed by atoms with van der Waals surface area (Å²) in [5.74, 6) is -0.124. The largest absolute Gasteiger partial charge is 0.497 e. The predicted octanol–water partition coefficient (Wildman–Crippen LogP) is 5.64. The van der Waals surface area contributed by atoms with Gasteiger partial charge in [-0.25, -0.2) is 8.42 Å². The third-order valence-corrected chi connectivity index (χ3v) is 9.96. The minimum atomic E-state index is -4.18. The predicted molar refractivity (Wildman–Crippen MR) is 165 cm³/mol. The van der Waals surface area contributed by atoms with Gasteiger partial charge in [-0.3, -0.25) is 13.9 Å². The van der Waals surface area contributed by atoms with Gasteiger partial charge < -0.3 is 15.0 Å². The second-order valence-electron chi connectivity index (χ2n) is 10.7. The highest BCUT2D eigenvalue weighted by molar-refractivity contribution is 7.92. The van der Waals surface area contributed by atoms with Crippen molar-refractivity contribution in [2.24, 2.45) is 0 Å². The maximum Gasteiger partial charge on any atom is 0.264 e. The van der Waals surface area contributed by atoms with Gasteiger partial charge in [-0.1, -0.05) is 60.3 Å². The average Bonchev–Trinajstić information content (AvgIpc) is 3.49. The summed E-state index contributed by atoms with van der Waals surface area (Å²) in [6, 6.07) is 17.9. The highest BCUT2D eigenvalue weighted by atomic mass is 35.5. The summed E-state index contributed by atoms with van der Waals surface area (Å²) in [7, 11) is -2.60. The van der Waals surface area contributed by atoms with Crippen molar-refractivity contribution >= 4 is 39.1 Å². The van der Waals surface area contributed by atoms with Crippen LogP contribution >= 0.6 is 11.6 Å². The molecule has 42 heavy (non-hydrogen) atoms. The number of rotatable bonds is 11. The zero-order valence-electron chi connectivity index (χ0n) is 24.5. The van der Waals surface area contributed by atoms with Crippen molar-refractivity contribution in [3.8, 4) is 5.75 Å². The molecule has 1 atom stereocenters. The summed E-state index contributed by atoms with van der Waals surface area (Å²) in [6.45, 7) is 4.85. The SMILES string of the molecule is COc1ccc(CN(C(=O)CN(c2cccc(Cl)c2C)S(=O)(=O)c2ccc(C)cc2)[C@H](C)C(=O)NC2CCCC2)cc1. The van der Waals surface area contributed by atoms with Crippen molar-refractivity contribution in [1.29, 1.82) is 0 Å². The van der Waals surface area contributed by atoms with E-state index < -0.39 is 28.5 Å². The summed E-state index contributed by atoms with van der Waals surface area (Å²) >= 11 is 6.40. The number of halogens is 1. The van der Waals surface area contributed by atoms with Crippen LogP contribution in [0.3, 0.4) is 0 Å². The molecule has 0 aliphatic heterocycles. The van der Waals surface area contributed by atoms with E-state index in [-0.39, 0.29) is 23.4 Å². The molecule has 0 bridgehead atoms. The average molecular weight is 612 g/mol. The van der Waals surface area contributed by atoms with Gasteiger partial charge in [0.05, 0.1) is 17.7 Å². The third kappa shape index (κ3) is 7.25. The second kappa shape index (κ2) is 13.6. The van der Waals surface area contributed by atoms with Crippen LogP contribution in [-0.2, 0) is 26.2 Å². The van der Waals surface area contributed by atoms with Crippen LogP contribution < -0.4 is 14.4 Å². The van der Waals surface area contributed by atoms with E-state index in [2.05, 4.69) is 5.32 Å². The van der Waals surface area contributed by atoms with Gasteiger partial charge in [-0.05, 0) is 81.1 Å². The Balaban J connectivity index is 1.71. The normalized spacial score (nSPS) is 14.3. The maximum absolute atomic E-state index is 14.1. The van der Waals surface area contributed by atoms with E-state index in [1.165, 1.54) is 17.0 Å². The number of carbonyl (C=O) groups is 2. The Bertz CT molecular complexity index is 1500. The fourth-order valence-corrected chi connectivity index (χ4v) is 6.76. The molecule has 0 aromatic heterocycles. The molecule has 1 fully saturated rings. The van der Waals surface area contributed by atoms with Gasteiger partial charge in [0.15, 0.2) is 0 Å². The molecule has 1 aliphatic rings. The Labute approximate surface area is 253 Å². The van der Waals surface area contributed by atoms with Crippen LogP contribution in [0.1, 0.15) is 49.3 Å². The number of hydrogen-bond acceptors (Lipinski definition) is 5. The second-order valence-corrected chi connectivity index (χ2v) is 13.0. The van der Waals surface area contributed by atoms with Crippen LogP contribution in [0.2, 0.25) is 5.02 Å². The molecule has 224 valence electrons. The van der Waals surface area contributed by atoms with E-state index in [0.29, 0.717) is 22.0 Å². The van der Waals surface area contributed by atoms with Gasteiger partial charge in [0.1, 0.15) is 18.3 Å². The molecule has 4 rings (SSSR count). The topological polar surface area (TPSA) is 96.0 Å². The molecule has 1 saturated carbocycles. The number of methoxy groups -OCH3 is 1. The van der Waals surface area contributed by atoms with Crippen molar-refractivity contribution in [3.05, 3.63) is 88.4 Å². The first-order chi connectivity index (χ1) is 20.0.